The van der Waals surface area contributed by atoms with Gasteiger partial charge in [0.2, 0.25) is 0 Å². The van der Waals surface area contributed by atoms with Crippen molar-refractivity contribution in [3.8, 4) is 34.9 Å². The molecule has 1 aliphatic carbocycles. The van der Waals surface area contributed by atoms with Crippen molar-refractivity contribution in [2.45, 2.75) is 20.8 Å². The van der Waals surface area contributed by atoms with E-state index in [4.69, 9.17) is 15.6 Å². The summed E-state index contributed by atoms with van der Waals surface area (Å²) < 4.78 is 12.6. The van der Waals surface area contributed by atoms with Gasteiger partial charge in [-0.25, -0.2) is 4.79 Å². The lowest BCUT2D eigenvalue weighted by molar-refractivity contribution is 0.0527. The lowest BCUT2D eigenvalue weighted by atomic mass is 9.90. The fraction of sp³-hybridized carbons (Fsp3) is 0.185. The molecule has 0 unspecified atom stereocenters. The highest BCUT2D eigenvalue weighted by molar-refractivity contribution is 9.10. The third kappa shape index (κ3) is 4.24. The first kappa shape index (κ1) is 22.6. The van der Waals surface area contributed by atoms with Crippen molar-refractivity contribution in [1.29, 1.82) is 0 Å². The molecule has 0 saturated carbocycles. The maximum Gasteiger partial charge on any atom is 0.338 e. The summed E-state index contributed by atoms with van der Waals surface area (Å²) in [5.41, 5.74) is 5.50. The number of nitrogens with one attached hydrogen (secondary N) is 1. The summed E-state index contributed by atoms with van der Waals surface area (Å²) in [4.78, 5) is 17.0. The van der Waals surface area contributed by atoms with E-state index < -0.39 is 0 Å². The smallest absolute Gasteiger partial charge is 0.338 e. The molecule has 5 nitrogen and oxygen atoms in total. The van der Waals surface area contributed by atoms with Gasteiger partial charge in [-0.05, 0) is 66.0 Å². The maximum atomic E-state index is 12.8. The van der Waals surface area contributed by atoms with Crippen LogP contribution in [0.3, 0.4) is 0 Å². The molecule has 0 atom stereocenters. The van der Waals surface area contributed by atoms with Crippen LogP contribution in [0.4, 0.5) is 5.69 Å². The van der Waals surface area contributed by atoms with Crippen LogP contribution in [0.15, 0.2) is 62.4 Å². The van der Waals surface area contributed by atoms with Crippen LogP contribution in [0.1, 0.15) is 29.8 Å². The normalized spacial score (nSPS) is 11.5. The van der Waals surface area contributed by atoms with Gasteiger partial charge >= 0.3 is 5.97 Å². The number of rotatable bonds is 5. The van der Waals surface area contributed by atoms with Crippen molar-refractivity contribution in [2.75, 3.05) is 18.5 Å². The Labute approximate surface area is 201 Å². The van der Waals surface area contributed by atoms with Crippen LogP contribution in [0.2, 0.25) is 0 Å². The van der Waals surface area contributed by atoms with Gasteiger partial charge in [-0.1, -0.05) is 24.6 Å². The van der Waals surface area contributed by atoms with Crippen molar-refractivity contribution in [3.63, 3.8) is 0 Å². The molecule has 1 N–H and O–H groups in total. The first-order valence-electron chi connectivity index (χ1n) is 10.7. The van der Waals surface area contributed by atoms with Gasteiger partial charge in [0.05, 0.1) is 23.2 Å². The highest BCUT2D eigenvalue weighted by Crippen LogP contribution is 2.43. The largest absolute Gasteiger partial charge is 0.462 e. The molecule has 166 valence electrons. The molecular formula is C27H23BrN2O3. The maximum absolute atomic E-state index is 12.8. The number of benzene rings is 3. The number of aryl methyl sites for hydroxylation is 1. The van der Waals surface area contributed by atoms with Gasteiger partial charge in [-0.15, -0.1) is 0 Å². The second-order valence-corrected chi connectivity index (χ2v) is 8.33. The molecule has 6 heteroatoms. The van der Waals surface area contributed by atoms with Gasteiger partial charge in [-0.3, -0.25) is 0 Å². The van der Waals surface area contributed by atoms with Crippen molar-refractivity contribution in [3.05, 3.63) is 69.5 Å². The first-order valence-corrected chi connectivity index (χ1v) is 11.5. The lowest BCUT2D eigenvalue weighted by Gasteiger charge is -2.19. The lowest BCUT2D eigenvalue weighted by Crippen LogP contribution is -2.09. The van der Waals surface area contributed by atoms with Crippen LogP contribution >= 0.6 is 15.9 Å². The molecule has 0 amide bonds. The molecule has 0 radical (unpaired) electrons. The van der Waals surface area contributed by atoms with Crippen LogP contribution < -0.4 is 10.7 Å². The molecule has 1 heterocycles. The van der Waals surface area contributed by atoms with E-state index in [1.165, 1.54) is 0 Å². The minimum Gasteiger partial charge on any atom is -0.462 e. The Morgan fingerprint density at radius 1 is 1.18 bits per heavy atom. The zero-order chi connectivity index (χ0) is 23.5. The van der Waals surface area contributed by atoms with Crippen LogP contribution in [-0.4, -0.2) is 19.1 Å². The monoisotopic (exact) mass is 502 g/mol. The fourth-order valence-electron chi connectivity index (χ4n) is 3.95. The molecule has 2 aliphatic rings. The number of terminal acetylenes is 1. The molecule has 0 spiro atoms. The summed E-state index contributed by atoms with van der Waals surface area (Å²) in [7, 11) is 0. The SMILES string of the molecule is C#CN=c1cc2oc3cc(NCC)c(Br)cc3c(-c3ccccc3C(=O)OCC)c-2cc1C. The third-order valence-electron chi connectivity index (χ3n) is 5.37. The fourth-order valence-corrected chi connectivity index (χ4v) is 4.43. The van der Waals surface area contributed by atoms with Crippen LogP contribution in [0.25, 0.3) is 33.4 Å². The Morgan fingerprint density at radius 2 is 1.97 bits per heavy atom. The Morgan fingerprint density at radius 3 is 2.70 bits per heavy atom. The second kappa shape index (κ2) is 9.51. The molecular weight excluding hydrogens is 480 g/mol. The molecule has 2 aromatic rings. The minimum atomic E-state index is -0.366. The number of ether oxygens (including phenoxy) is 1. The minimum absolute atomic E-state index is 0.298. The van der Waals surface area contributed by atoms with Crippen LogP contribution in [-0.2, 0) is 4.74 Å². The topological polar surface area (TPSA) is 63.8 Å². The van der Waals surface area contributed by atoms with Gasteiger partial charge in [0.25, 0.3) is 0 Å². The zero-order valence-electron chi connectivity index (χ0n) is 18.7. The van der Waals surface area contributed by atoms with Gasteiger partial charge in [-0.2, -0.15) is 4.99 Å². The summed E-state index contributed by atoms with van der Waals surface area (Å²) in [6.07, 6.45) is 5.42. The van der Waals surface area contributed by atoms with Gasteiger partial charge in [0.15, 0.2) is 0 Å². The number of halogens is 1. The number of hydrogen-bond donors (Lipinski definition) is 1. The number of carbonyl (C=O) groups is 1. The third-order valence-corrected chi connectivity index (χ3v) is 6.03. The number of hydrogen-bond acceptors (Lipinski definition) is 5. The summed E-state index contributed by atoms with van der Waals surface area (Å²) >= 11 is 3.68. The van der Waals surface area contributed by atoms with Crippen molar-refractivity contribution in [1.82, 2.24) is 0 Å². The molecule has 4 rings (SSSR count). The number of nitrogens with zero attached hydrogens (tertiary/aromatic N) is 1. The van der Waals surface area contributed by atoms with E-state index >= 15 is 0 Å². The van der Waals surface area contributed by atoms with E-state index in [1.807, 2.05) is 56.3 Å². The number of anilines is 1. The Balaban J connectivity index is 2.17. The van der Waals surface area contributed by atoms with E-state index in [0.29, 0.717) is 28.9 Å². The standard InChI is InChI=1S/C27H23BrN2O3/c1-5-29-22-14-24-19(12-16(22)4)26(17-10-8-9-11-18(17)27(31)32-7-3)20-13-21(28)23(30-6-2)15-25(20)33-24/h1,8-15,30H,6-7H2,2-4H3. The average Bonchev–Trinajstić information content (AvgIpc) is 2.80. The van der Waals surface area contributed by atoms with Gasteiger partial charge < -0.3 is 14.5 Å². The molecule has 0 saturated heterocycles. The molecule has 1 aliphatic heterocycles. The molecule has 0 fully saturated rings. The molecule has 0 bridgehead atoms. The Bertz CT molecular complexity index is 1450. The van der Waals surface area contributed by atoms with Crippen molar-refractivity contribution >= 4 is 38.6 Å². The quantitative estimate of drug-likeness (QED) is 0.195. The average molecular weight is 503 g/mol. The highest BCUT2D eigenvalue weighted by Gasteiger charge is 2.23. The number of carbonyl (C=O) groups excluding carboxylic acids is 1. The van der Waals surface area contributed by atoms with Crippen molar-refractivity contribution < 1.29 is 13.9 Å². The summed E-state index contributed by atoms with van der Waals surface area (Å²) in [6.45, 7) is 6.84. The Kier molecular flexibility index (Phi) is 6.52. The molecule has 2 aromatic carbocycles. The van der Waals surface area contributed by atoms with Gasteiger partial charge in [0, 0.05) is 45.7 Å². The van der Waals surface area contributed by atoms with E-state index in [9.17, 15) is 4.79 Å². The number of esters is 1. The molecule has 33 heavy (non-hydrogen) atoms. The van der Waals surface area contributed by atoms with E-state index in [2.05, 4.69) is 32.3 Å². The van der Waals surface area contributed by atoms with E-state index in [0.717, 1.165) is 44.3 Å². The second-order valence-electron chi connectivity index (χ2n) is 7.48. The number of fused-ring (bicyclic) bond motifs is 2. The van der Waals surface area contributed by atoms with Crippen LogP contribution in [0.5, 0.6) is 0 Å². The van der Waals surface area contributed by atoms with Crippen molar-refractivity contribution in [2.24, 2.45) is 4.99 Å². The summed E-state index contributed by atoms with van der Waals surface area (Å²) in [5.74, 6) is 0.259. The highest BCUT2D eigenvalue weighted by atomic mass is 79.9. The molecule has 0 aromatic heterocycles. The first-order chi connectivity index (χ1) is 16.0. The van der Waals surface area contributed by atoms with E-state index in [1.54, 1.807) is 13.0 Å². The summed E-state index contributed by atoms with van der Waals surface area (Å²) in [6, 6.07) is 17.6. The van der Waals surface area contributed by atoms with E-state index in [-0.39, 0.29) is 5.97 Å². The summed E-state index contributed by atoms with van der Waals surface area (Å²) in [5, 5.41) is 4.87. The van der Waals surface area contributed by atoms with Crippen LogP contribution in [0, 0.1) is 19.4 Å². The predicted molar refractivity (Wildman–Crippen MR) is 135 cm³/mol. The predicted octanol–water partition coefficient (Wildman–Crippen LogP) is 6.38. The van der Waals surface area contributed by atoms with Gasteiger partial charge in [0.1, 0.15) is 11.3 Å². The zero-order valence-corrected chi connectivity index (χ0v) is 20.2. The Hall–Kier alpha value is -3.56.